The molecule has 0 radical (unpaired) electrons. The molecule has 0 aliphatic carbocycles. The molecular weight excluding hydrogens is 463 g/mol. The molecule has 2 heterocycles. The fourth-order valence-electron chi connectivity index (χ4n) is 2.83. The highest BCUT2D eigenvalue weighted by atomic mass is 32.2. The summed E-state index contributed by atoms with van der Waals surface area (Å²) in [6.07, 6.45) is -2.96. The number of thiocarbonyl (C=S) groups is 1. The van der Waals surface area contributed by atoms with Crippen molar-refractivity contribution in [1.29, 1.82) is 0 Å². The number of furan rings is 1. The number of nitrogens with zero attached hydrogens (tertiary/aromatic N) is 1. The lowest BCUT2D eigenvalue weighted by Gasteiger charge is -2.16. The van der Waals surface area contributed by atoms with Crippen molar-refractivity contribution in [1.82, 2.24) is 0 Å². The summed E-state index contributed by atoms with van der Waals surface area (Å²) in [6, 6.07) is 16.1. The van der Waals surface area contributed by atoms with Crippen molar-refractivity contribution in [2.24, 2.45) is 0 Å². The van der Waals surface area contributed by atoms with Gasteiger partial charge in [0.05, 0.1) is 16.2 Å². The van der Waals surface area contributed by atoms with E-state index >= 15 is 0 Å². The van der Waals surface area contributed by atoms with Crippen molar-refractivity contribution >= 4 is 57.7 Å². The van der Waals surface area contributed by atoms with E-state index in [1.165, 1.54) is 23.9 Å². The number of thioether (sulfide) groups is 1. The van der Waals surface area contributed by atoms with E-state index in [4.69, 9.17) is 16.6 Å². The first kappa shape index (κ1) is 21.7. The van der Waals surface area contributed by atoms with Crippen molar-refractivity contribution < 1.29 is 22.4 Å². The molecule has 9 heteroatoms. The van der Waals surface area contributed by atoms with Crippen LogP contribution < -0.4 is 4.90 Å². The van der Waals surface area contributed by atoms with Crippen molar-refractivity contribution in [3.63, 3.8) is 0 Å². The van der Waals surface area contributed by atoms with Gasteiger partial charge in [0.1, 0.15) is 5.76 Å². The van der Waals surface area contributed by atoms with Crippen LogP contribution in [-0.2, 0) is 11.0 Å². The normalized spacial score (nSPS) is 15.9. The summed E-state index contributed by atoms with van der Waals surface area (Å²) in [5.41, 5.74) is 0.398. The average Bonchev–Trinajstić information content (AvgIpc) is 3.27. The van der Waals surface area contributed by atoms with Crippen LogP contribution in [0.4, 0.5) is 18.9 Å². The Labute approximate surface area is 190 Å². The first-order valence-electron chi connectivity index (χ1n) is 9.00. The summed E-state index contributed by atoms with van der Waals surface area (Å²) in [7, 11) is 0. The quantitative estimate of drug-likeness (QED) is 0.294. The number of benzene rings is 2. The minimum Gasteiger partial charge on any atom is -0.450 e. The minimum atomic E-state index is -4.51. The number of hydrogen-bond acceptors (Lipinski definition) is 5. The van der Waals surface area contributed by atoms with E-state index in [1.54, 1.807) is 18.2 Å². The van der Waals surface area contributed by atoms with Crippen LogP contribution in [-0.4, -0.2) is 10.2 Å². The van der Waals surface area contributed by atoms with Crippen LogP contribution in [0.3, 0.4) is 0 Å². The van der Waals surface area contributed by atoms with E-state index in [-0.39, 0.29) is 14.9 Å². The lowest BCUT2D eigenvalue weighted by molar-refractivity contribution is -0.137. The second-order valence-electron chi connectivity index (χ2n) is 6.64. The number of carbonyl (C=O) groups is 1. The highest BCUT2D eigenvalue weighted by molar-refractivity contribution is 8.27. The molecule has 158 valence electrons. The van der Waals surface area contributed by atoms with Gasteiger partial charge in [-0.05, 0) is 49.4 Å². The summed E-state index contributed by atoms with van der Waals surface area (Å²) in [5, 5.41) is 0.656. The third kappa shape index (κ3) is 4.89. The van der Waals surface area contributed by atoms with E-state index in [1.807, 2.05) is 31.2 Å². The second-order valence-corrected chi connectivity index (χ2v) is 9.39. The average molecular weight is 478 g/mol. The Bertz CT molecular complexity index is 1180. The summed E-state index contributed by atoms with van der Waals surface area (Å²) >= 11 is 7.71. The van der Waals surface area contributed by atoms with Gasteiger partial charge in [-0.3, -0.25) is 9.69 Å². The molecule has 4 rings (SSSR count). The fourth-order valence-corrected chi connectivity index (χ4v) is 4.89. The molecule has 1 aromatic heterocycles. The number of hydrogen-bond donors (Lipinski definition) is 0. The largest absolute Gasteiger partial charge is 0.450 e. The SMILES string of the molecule is Cc1ccc(Sc2ccc(/C=C3/SC(=S)N(c4cccc(C(F)(F)F)c4)C3=O)o2)cc1. The maximum atomic E-state index is 13.0. The molecule has 1 aliphatic heterocycles. The van der Waals surface area contributed by atoms with Gasteiger partial charge < -0.3 is 4.42 Å². The predicted molar refractivity (Wildman–Crippen MR) is 121 cm³/mol. The topological polar surface area (TPSA) is 33.5 Å². The van der Waals surface area contributed by atoms with Gasteiger partial charge in [0.2, 0.25) is 0 Å². The lowest BCUT2D eigenvalue weighted by atomic mass is 10.2. The molecule has 0 atom stereocenters. The third-order valence-corrected chi connectivity index (χ3v) is 6.57. The number of halogens is 3. The van der Waals surface area contributed by atoms with Crippen LogP contribution in [0.5, 0.6) is 0 Å². The van der Waals surface area contributed by atoms with Gasteiger partial charge in [-0.15, -0.1) is 0 Å². The van der Waals surface area contributed by atoms with Gasteiger partial charge in [0.15, 0.2) is 9.41 Å². The Balaban J connectivity index is 1.54. The molecule has 3 aromatic rings. The smallest absolute Gasteiger partial charge is 0.416 e. The maximum Gasteiger partial charge on any atom is 0.416 e. The molecule has 1 aliphatic rings. The van der Waals surface area contributed by atoms with Gasteiger partial charge in [0.25, 0.3) is 5.91 Å². The van der Waals surface area contributed by atoms with Crippen molar-refractivity contribution in [3.05, 3.63) is 82.5 Å². The number of aryl methyl sites for hydroxylation is 1. The molecule has 3 nitrogen and oxygen atoms in total. The molecule has 0 bridgehead atoms. The van der Waals surface area contributed by atoms with Gasteiger partial charge in [-0.25, -0.2) is 0 Å². The van der Waals surface area contributed by atoms with Crippen molar-refractivity contribution in [3.8, 4) is 0 Å². The summed E-state index contributed by atoms with van der Waals surface area (Å²) in [4.78, 5) is 15.2. The number of amides is 1. The molecule has 31 heavy (non-hydrogen) atoms. The second kappa shape index (κ2) is 8.57. The van der Waals surface area contributed by atoms with Crippen LogP contribution in [0.2, 0.25) is 0 Å². The molecule has 1 fully saturated rings. The zero-order chi connectivity index (χ0) is 22.2. The van der Waals surface area contributed by atoms with Crippen LogP contribution in [0.25, 0.3) is 6.08 Å². The molecule has 2 aromatic carbocycles. The Morgan fingerprint density at radius 2 is 1.84 bits per heavy atom. The number of carbonyl (C=O) groups excluding carboxylic acids is 1. The van der Waals surface area contributed by atoms with Crippen LogP contribution in [0, 0.1) is 6.92 Å². The minimum absolute atomic E-state index is 0.0794. The van der Waals surface area contributed by atoms with Gasteiger partial charge in [-0.1, -0.05) is 59.5 Å². The Morgan fingerprint density at radius 3 is 2.55 bits per heavy atom. The predicted octanol–water partition coefficient (Wildman–Crippen LogP) is 7.16. The van der Waals surface area contributed by atoms with Crippen molar-refractivity contribution in [2.45, 2.75) is 23.1 Å². The van der Waals surface area contributed by atoms with E-state index in [0.29, 0.717) is 10.9 Å². The first-order valence-corrected chi connectivity index (χ1v) is 11.0. The van der Waals surface area contributed by atoms with E-state index in [0.717, 1.165) is 39.3 Å². The number of anilines is 1. The van der Waals surface area contributed by atoms with Crippen LogP contribution >= 0.6 is 35.7 Å². The molecule has 0 spiro atoms. The van der Waals surface area contributed by atoms with Crippen molar-refractivity contribution in [2.75, 3.05) is 4.90 Å². The molecule has 1 saturated heterocycles. The third-order valence-electron chi connectivity index (χ3n) is 4.34. The maximum absolute atomic E-state index is 13.0. The van der Waals surface area contributed by atoms with Gasteiger partial charge >= 0.3 is 6.18 Å². The van der Waals surface area contributed by atoms with E-state index in [9.17, 15) is 18.0 Å². The standard InChI is InChI=1S/C22H14F3NO2S3/c1-13-5-8-17(9-6-13)30-19-10-7-16(28-19)12-18-20(27)26(21(29)31-18)15-4-2-3-14(11-15)22(23,24)25/h2-12H,1H3/b18-12+. The zero-order valence-corrected chi connectivity index (χ0v) is 18.4. The highest BCUT2D eigenvalue weighted by Crippen LogP contribution is 2.39. The van der Waals surface area contributed by atoms with E-state index < -0.39 is 17.6 Å². The monoisotopic (exact) mass is 477 g/mol. The molecule has 0 saturated carbocycles. The molecule has 1 amide bonds. The first-order chi connectivity index (χ1) is 14.7. The lowest BCUT2D eigenvalue weighted by Crippen LogP contribution is -2.27. The summed E-state index contributed by atoms with van der Waals surface area (Å²) in [6.45, 7) is 2.01. The van der Waals surface area contributed by atoms with Gasteiger partial charge in [0, 0.05) is 11.0 Å². The summed E-state index contributed by atoms with van der Waals surface area (Å²) in [5.74, 6) is -0.0300. The van der Waals surface area contributed by atoms with E-state index in [2.05, 4.69) is 0 Å². The van der Waals surface area contributed by atoms with Crippen LogP contribution in [0.15, 0.2) is 80.0 Å². The molecule has 0 N–H and O–H groups in total. The van der Waals surface area contributed by atoms with Crippen LogP contribution in [0.1, 0.15) is 16.9 Å². The number of rotatable bonds is 4. The summed E-state index contributed by atoms with van der Waals surface area (Å²) < 4.78 is 45.0. The van der Waals surface area contributed by atoms with Gasteiger partial charge in [-0.2, -0.15) is 13.2 Å². The zero-order valence-electron chi connectivity index (χ0n) is 16.0. The molecule has 0 unspecified atom stereocenters. The number of alkyl halides is 3. The Morgan fingerprint density at radius 1 is 1.10 bits per heavy atom. The fraction of sp³-hybridized carbons (Fsp3) is 0.0909. The Kier molecular flexibility index (Phi) is 6.00. The molecular formula is C22H14F3NO2S3. The highest BCUT2D eigenvalue weighted by Gasteiger charge is 2.36. The Hall–Kier alpha value is -2.49.